The molecule has 1 aromatic heterocycles. The number of nitrogens with zero attached hydrogens (tertiary/aromatic N) is 1. The SMILES string of the molecule is NCCC1CCN(C(=O)c2cccc3cc[nH]c23)CC1. The van der Waals surface area contributed by atoms with E-state index in [0.717, 1.165) is 55.4 Å². The largest absolute Gasteiger partial charge is 0.361 e. The Morgan fingerprint density at radius 3 is 2.85 bits per heavy atom. The zero-order valence-electron chi connectivity index (χ0n) is 11.6. The number of aromatic nitrogens is 1. The number of aromatic amines is 1. The third kappa shape index (κ3) is 2.43. The lowest BCUT2D eigenvalue weighted by Gasteiger charge is -2.32. The molecule has 20 heavy (non-hydrogen) atoms. The van der Waals surface area contributed by atoms with Crippen LogP contribution in [0.3, 0.4) is 0 Å². The van der Waals surface area contributed by atoms with Gasteiger partial charge in [0.2, 0.25) is 0 Å². The Morgan fingerprint density at radius 2 is 2.10 bits per heavy atom. The van der Waals surface area contributed by atoms with Crippen molar-refractivity contribution in [3.63, 3.8) is 0 Å². The molecule has 2 heterocycles. The highest BCUT2D eigenvalue weighted by Crippen LogP contribution is 2.23. The maximum absolute atomic E-state index is 12.7. The van der Waals surface area contributed by atoms with E-state index < -0.39 is 0 Å². The maximum atomic E-state index is 12.7. The maximum Gasteiger partial charge on any atom is 0.255 e. The van der Waals surface area contributed by atoms with E-state index in [9.17, 15) is 4.79 Å². The van der Waals surface area contributed by atoms with E-state index in [1.807, 2.05) is 35.4 Å². The molecule has 1 aliphatic heterocycles. The molecule has 0 spiro atoms. The second kappa shape index (κ2) is 5.67. The van der Waals surface area contributed by atoms with Crippen molar-refractivity contribution in [1.82, 2.24) is 9.88 Å². The first-order valence-corrected chi connectivity index (χ1v) is 7.35. The topological polar surface area (TPSA) is 62.1 Å². The molecule has 0 saturated carbocycles. The van der Waals surface area contributed by atoms with Gasteiger partial charge in [0.15, 0.2) is 0 Å². The zero-order valence-corrected chi connectivity index (χ0v) is 11.6. The van der Waals surface area contributed by atoms with Crippen LogP contribution in [0.5, 0.6) is 0 Å². The summed E-state index contributed by atoms with van der Waals surface area (Å²) in [5, 5.41) is 1.09. The molecule has 4 nitrogen and oxygen atoms in total. The number of benzene rings is 1. The van der Waals surface area contributed by atoms with Gasteiger partial charge in [0.25, 0.3) is 5.91 Å². The number of carbonyl (C=O) groups is 1. The zero-order chi connectivity index (χ0) is 13.9. The van der Waals surface area contributed by atoms with Crippen molar-refractivity contribution in [1.29, 1.82) is 0 Å². The lowest BCUT2D eigenvalue weighted by atomic mass is 9.93. The lowest BCUT2D eigenvalue weighted by Crippen LogP contribution is -2.38. The third-order valence-electron chi connectivity index (χ3n) is 4.29. The predicted octanol–water partition coefficient (Wildman–Crippen LogP) is 2.37. The molecular formula is C16H21N3O. The minimum atomic E-state index is 0.143. The summed E-state index contributed by atoms with van der Waals surface area (Å²) in [4.78, 5) is 17.8. The van der Waals surface area contributed by atoms with Crippen LogP contribution in [0.2, 0.25) is 0 Å². The monoisotopic (exact) mass is 271 g/mol. The van der Waals surface area contributed by atoms with Gasteiger partial charge in [-0.2, -0.15) is 0 Å². The molecular weight excluding hydrogens is 250 g/mol. The van der Waals surface area contributed by atoms with Crippen molar-refractivity contribution in [2.24, 2.45) is 11.7 Å². The Balaban J connectivity index is 1.75. The van der Waals surface area contributed by atoms with Gasteiger partial charge < -0.3 is 15.6 Å². The molecule has 0 atom stereocenters. The van der Waals surface area contributed by atoms with Gasteiger partial charge >= 0.3 is 0 Å². The minimum absolute atomic E-state index is 0.143. The highest BCUT2D eigenvalue weighted by molar-refractivity contribution is 6.05. The van der Waals surface area contributed by atoms with Crippen LogP contribution in [-0.2, 0) is 0 Å². The highest BCUT2D eigenvalue weighted by Gasteiger charge is 2.24. The van der Waals surface area contributed by atoms with E-state index in [1.54, 1.807) is 0 Å². The summed E-state index contributed by atoms with van der Waals surface area (Å²) < 4.78 is 0. The predicted molar refractivity (Wildman–Crippen MR) is 80.6 cm³/mol. The van der Waals surface area contributed by atoms with E-state index in [4.69, 9.17) is 5.73 Å². The molecule has 1 fully saturated rings. The van der Waals surface area contributed by atoms with E-state index in [2.05, 4.69) is 4.98 Å². The van der Waals surface area contributed by atoms with E-state index >= 15 is 0 Å². The molecule has 0 aliphatic carbocycles. The Morgan fingerprint density at radius 1 is 1.30 bits per heavy atom. The second-order valence-electron chi connectivity index (χ2n) is 5.56. The fourth-order valence-corrected chi connectivity index (χ4v) is 3.09. The Kier molecular flexibility index (Phi) is 3.74. The molecule has 0 unspecified atom stereocenters. The van der Waals surface area contributed by atoms with Gasteiger partial charge in [-0.05, 0) is 43.9 Å². The summed E-state index contributed by atoms with van der Waals surface area (Å²) in [6.07, 6.45) is 5.11. The smallest absolute Gasteiger partial charge is 0.255 e. The second-order valence-corrected chi connectivity index (χ2v) is 5.56. The van der Waals surface area contributed by atoms with Gasteiger partial charge in [-0.3, -0.25) is 4.79 Å². The number of nitrogens with one attached hydrogen (secondary N) is 1. The van der Waals surface area contributed by atoms with Crippen molar-refractivity contribution in [3.05, 3.63) is 36.0 Å². The molecule has 1 aromatic carbocycles. The number of amides is 1. The molecule has 1 amide bonds. The number of carbonyl (C=O) groups excluding carboxylic acids is 1. The van der Waals surface area contributed by atoms with Crippen molar-refractivity contribution in [3.8, 4) is 0 Å². The molecule has 0 radical (unpaired) electrons. The summed E-state index contributed by atoms with van der Waals surface area (Å²) in [5.41, 5.74) is 7.34. The molecule has 1 aliphatic rings. The van der Waals surface area contributed by atoms with Gasteiger partial charge in [0.1, 0.15) is 0 Å². The van der Waals surface area contributed by atoms with Crippen molar-refractivity contribution in [2.45, 2.75) is 19.3 Å². The molecule has 1 saturated heterocycles. The molecule has 3 rings (SSSR count). The molecule has 2 aromatic rings. The van der Waals surface area contributed by atoms with Crippen LogP contribution in [0.1, 0.15) is 29.6 Å². The van der Waals surface area contributed by atoms with Crippen LogP contribution >= 0.6 is 0 Å². The summed E-state index contributed by atoms with van der Waals surface area (Å²) in [5.74, 6) is 0.828. The van der Waals surface area contributed by atoms with Gasteiger partial charge in [-0.25, -0.2) is 0 Å². The van der Waals surface area contributed by atoms with Gasteiger partial charge in [-0.1, -0.05) is 12.1 Å². The first-order chi connectivity index (χ1) is 9.79. The number of rotatable bonds is 3. The first kappa shape index (κ1) is 13.2. The molecule has 4 heteroatoms. The summed E-state index contributed by atoms with van der Waals surface area (Å²) in [6.45, 7) is 2.45. The molecule has 106 valence electrons. The fourth-order valence-electron chi connectivity index (χ4n) is 3.09. The number of piperidine rings is 1. The fraction of sp³-hybridized carbons (Fsp3) is 0.438. The van der Waals surface area contributed by atoms with E-state index in [1.165, 1.54) is 0 Å². The Hall–Kier alpha value is -1.81. The van der Waals surface area contributed by atoms with Crippen LogP contribution in [0.25, 0.3) is 10.9 Å². The quantitative estimate of drug-likeness (QED) is 0.900. The first-order valence-electron chi connectivity index (χ1n) is 7.35. The molecule has 0 bridgehead atoms. The van der Waals surface area contributed by atoms with Crippen molar-refractivity contribution >= 4 is 16.8 Å². The van der Waals surface area contributed by atoms with Gasteiger partial charge in [0.05, 0.1) is 11.1 Å². The number of para-hydroxylation sites is 1. The number of likely N-dealkylation sites (tertiary alicyclic amines) is 1. The van der Waals surface area contributed by atoms with Crippen LogP contribution in [0, 0.1) is 5.92 Å². The van der Waals surface area contributed by atoms with Gasteiger partial charge in [-0.15, -0.1) is 0 Å². The average molecular weight is 271 g/mol. The number of H-pyrrole nitrogens is 1. The normalized spacial score (nSPS) is 16.8. The van der Waals surface area contributed by atoms with Crippen LogP contribution in [0.15, 0.2) is 30.5 Å². The number of hydrogen-bond acceptors (Lipinski definition) is 2. The average Bonchev–Trinajstić information content (AvgIpc) is 2.96. The van der Waals surface area contributed by atoms with Crippen LogP contribution in [0.4, 0.5) is 0 Å². The van der Waals surface area contributed by atoms with Crippen LogP contribution in [-0.4, -0.2) is 35.4 Å². The number of fused-ring (bicyclic) bond motifs is 1. The highest BCUT2D eigenvalue weighted by atomic mass is 16.2. The number of hydrogen-bond donors (Lipinski definition) is 2. The summed E-state index contributed by atoms with van der Waals surface area (Å²) >= 11 is 0. The van der Waals surface area contributed by atoms with E-state index in [-0.39, 0.29) is 5.91 Å². The third-order valence-corrected chi connectivity index (χ3v) is 4.29. The standard InChI is InChI=1S/C16H21N3O/c17-8-4-12-6-10-19(11-7-12)16(20)14-3-1-2-13-5-9-18-15(13)14/h1-3,5,9,12,18H,4,6-8,10-11,17H2. The van der Waals surface area contributed by atoms with E-state index in [0.29, 0.717) is 5.92 Å². The summed E-state index contributed by atoms with van der Waals surface area (Å²) in [6, 6.07) is 7.88. The van der Waals surface area contributed by atoms with Gasteiger partial charge in [0, 0.05) is 24.7 Å². The minimum Gasteiger partial charge on any atom is -0.361 e. The van der Waals surface area contributed by atoms with Crippen molar-refractivity contribution < 1.29 is 4.79 Å². The van der Waals surface area contributed by atoms with Crippen LogP contribution < -0.4 is 5.73 Å². The Bertz CT molecular complexity index is 597. The summed E-state index contributed by atoms with van der Waals surface area (Å²) in [7, 11) is 0. The Labute approximate surface area is 118 Å². The van der Waals surface area contributed by atoms with Crippen molar-refractivity contribution in [2.75, 3.05) is 19.6 Å². The lowest BCUT2D eigenvalue weighted by molar-refractivity contribution is 0.0690. The molecule has 3 N–H and O–H groups in total. The number of nitrogens with two attached hydrogens (primary N) is 1.